The number of carbonyl (C=O) groups excluding carboxylic acids is 1. The molecule has 2 aromatic carbocycles. The molecule has 0 aliphatic heterocycles. The Morgan fingerprint density at radius 3 is 2.47 bits per heavy atom. The van der Waals surface area contributed by atoms with Gasteiger partial charge in [0.05, 0.1) is 13.7 Å². The molecule has 0 aromatic heterocycles. The number of benzene rings is 2. The summed E-state index contributed by atoms with van der Waals surface area (Å²) in [6.07, 6.45) is 9.45. The Bertz CT molecular complexity index is 915. The first-order valence-electron chi connectivity index (χ1n) is 9.04. The Morgan fingerprint density at radius 2 is 1.80 bits per heavy atom. The predicted octanol–water partition coefficient (Wildman–Crippen LogP) is 2.73. The van der Waals surface area contributed by atoms with E-state index in [1.54, 1.807) is 18.2 Å². The number of rotatable bonds is 11. The van der Waals surface area contributed by atoms with Gasteiger partial charge in [-0.15, -0.1) is 12.8 Å². The van der Waals surface area contributed by atoms with E-state index in [4.69, 9.17) is 31.8 Å². The number of ether oxygens (including phenoxy) is 4. The van der Waals surface area contributed by atoms with Gasteiger partial charge in [0.2, 0.25) is 0 Å². The summed E-state index contributed by atoms with van der Waals surface area (Å²) in [5, 5.41) is 2.71. The highest BCUT2D eigenvalue weighted by Crippen LogP contribution is 2.31. The van der Waals surface area contributed by atoms with E-state index in [9.17, 15) is 9.18 Å². The zero-order valence-electron chi connectivity index (χ0n) is 16.5. The number of carbonyl (C=O) groups is 1. The Balaban J connectivity index is 1.90. The summed E-state index contributed by atoms with van der Waals surface area (Å²) in [5.74, 6) is 5.40. The van der Waals surface area contributed by atoms with Gasteiger partial charge in [-0.1, -0.05) is 24.0 Å². The molecule has 2 rings (SSSR count). The summed E-state index contributed by atoms with van der Waals surface area (Å²) in [5.41, 5.74) is 0.498. The van der Waals surface area contributed by atoms with Gasteiger partial charge in [0, 0.05) is 6.07 Å². The van der Waals surface area contributed by atoms with E-state index in [1.165, 1.54) is 31.4 Å². The molecule has 0 aliphatic carbocycles. The molecule has 0 saturated heterocycles. The van der Waals surface area contributed by atoms with E-state index in [-0.39, 0.29) is 26.4 Å². The molecule has 0 saturated carbocycles. The molecule has 1 amide bonds. The molecular formula is C23H22FNO5. The summed E-state index contributed by atoms with van der Waals surface area (Å²) < 4.78 is 34.8. The van der Waals surface area contributed by atoms with Crippen molar-refractivity contribution in [2.75, 3.05) is 33.5 Å². The minimum Gasteiger partial charge on any atom is -0.493 e. The van der Waals surface area contributed by atoms with Crippen molar-refractivity contribution in [3.05, 3.63) is 53.8 Å². The summed E-state index contributed by atoms with van der Waals surface area (Å²) in [7, 11) is 1.51. The second-order valence-corrected chi connectivity index (χ2v) is 5.89. The monoisotopic (exact) mass is 411 g/mol. The van der Waals surface area contributed by atoms with E-state index < -0.39 is 17.8 Å². The molecule has 0 bridgehead atoms. The summed E-state index contributed by atoms with van der Waals surface area (Å²) in [6.45, 7) is 0.484. The highest BCUT2D eigenvalue weighted by atomic mass is 19.1. The molecule has 0 radical (unpaired) electrons. The highest BCUT2D eigenvalue weighted by molar-refractivity contribution is 5.82. The molecule has 156 valence electrons. The number of hydrogen-bond donors (Lipinski definition) is 1. The van der Waals surface area contributed by atoms with Crippen LogP contribution in [0.25, 0.3) is 0 Å². The van der Waals surface area contributed by atoms with Crippen molar-refractivity contribution >= 4 is 5.91 Å². The van der Waals surface area contributed by atoms with Crippen molar-refractivity contribution < 1.29 is 28.1 Å². The Labute approximate surface area is 175 Å². The third kappa shape index (κ3) is 6.73. The smallest absolute Gasteiger partial charge is 0.253 e. The fourth-order valence-electron chi connectivity index (χ4n) is 2.50. The van der Waals surface area contributed by atoms with Crippen LogP contribution in [0.5, 0.6) is 17.2 Å². The van der Waals surface area contributed by atoms with Gasteiger partial charge in [-0.05, 0) is 29.8 Å². The zero-order chi connectivity index (χ0) is 21.8. The van der Waals surface area contributed by atoms with Gasteiger partial charge in [0.15, 0.2) is 17.6 Å². The van der Waals surface area contributed by atoms with Gasteiger partial charge in [0.25, 0.3) is 5.91 Å². The van der Waals surface area contributed by atoms with E-state index in [0.29, 0.717) is 22.8 Å². The van der Waals surface area contributed by atoms with Crippen molar-refractivity contribution in [3.8, 4) is 41.9 Å². The minimum absolute atomic E-state index is 0.0557. The second kappa shape index (κ2) is 12.0. The molecule has 0 aliphatic rings. The summed E-state index contributed by atoms with van der Waals surface area (Å²) >= 11 is 0. The van der Waals surface area contributed by atoms with Gasteiger partial charge < -0.3 is 24.3 Å². The number of terminal acetylenes is 2. The van der Waals surface area contributed by atoms with Crippen molar-refractivity contribution in [2.45, 2.75) is 6.10 Å². The third-order valence-electron chi connectivity index (χ3n) is 3.86. The second-order valence-electron chi connectivity index (χ2n) is 5.89. The topological polar surface area (TPSA) is 66.0 Å². The lowest BCUT2D eigenvalue weighted by molar-refractivity contribution is -0.132. The van der Waals surface area contributed by atoms with Crippen molar-refractivity contribution in [3.63, 3.8) is 0 Å². The molecule has 7 heteroatoms. The fraction of sp³-hybridized carbons (Fsp3) is 0.261. The predicted molar refractivity (Wildman–Crippen MR) is 110 cm³/mol. The Hall–Kier alpha value is -3.68. The van der Waals surface area contributed by atoms with Crippen LogP contribution in [0.4, 0.5) is 4.39 Å². The van der Waals surface area contributed by atoms with E-state index in [2.05, 4.69) is 17.2 Å². The lowest BCUT2D eigenvalue weighted by Crippen LogP contribution is -2.34. The zero-order valence-corrected chi connectivity index (χ0v) is 16.5. The molecule has 2 aromatic rings. The maximum atomic E-state index is 13.1. The highest BCUT2D eigenvalue weighted by Gasteiger charge is 2.21. The van der Waals surface area contributed by atoms with Crippen LogP contribution in [0.1, 0.15) is 11.7 Å². The lowest BCUT2D eigenvalue weighted by atomic mass is 10.1. The standard InChI is InChI=1S/C23H22FNO5/c1-4-13-29-20-11-10-19(16-21(20)27-3)28-15-12-25-23(26)22(30-14-5-2)17-6-8-18(24)9-7-17/h1-2,6-11,16,22H,12-15H2,3H3,(H,25,26). The van der Waals surface area contributed by atoms with Crippen LogP contribution in [0.3, 0.4) is 0 Å². The van der Waals surface area contributed by atoms with Crippen LogP contribution in [-0.2, 0) is 9.53 Å². The maximum Gasteiger partial charge on any atom is 0.253 e. The lowest BCUT2D eigenvalue weighted by Gasteiger charge is -2.17. The van der Waals surface area contributed by atoms with Crippen molar-refractivity contribution in [1.82, 2.24) is 5.32 Å². The number of amides is 1. The van der Waals surface area contributed by atoms with Gasteiger partial charge in [0.1, 0.15) is 31.4 Å². The molecule has 0 fully saturated rings. The van der Waals surface area contributed by atoms with E-state index in [1.807, 2.05) is 0 Å². The molecule has 0 heterocycles. The van der Waals surface area contributed by atoms with Crippen LogP contribution in [0, 0.1) is 30.5 Å². The minimum atomic E-state index is -0.950. The van der Waals surface area contributed by atoms with Crippen LogP contribution in [0.15, 0.2) is 42.5 Å². The SMILES string of the molecule is C#CCOc1ccc(OCCNC(=O)C(OCC#C)c2ccc(F)cc2)cc1OC. The number of hydrogen-bond acceptors (Lipinski definition) is 5. The quantitative estimate of drug-likeness (QED) is 0.455. The number of halogens is 1. The summed E-state index contributed by atoms with van der Waals surface area (Å²) in [4.78, 5) is 12.5. The van der Waals surface area contributed by atoms with Gasteiger partial charge in [-0.3, -0.25) is 4.79 Å². The van der Waals surface area contributed by atoms with E-state index in [0.717, 1.165) is 0 Å². The molecule has 6 nitrogen and oxygen atoms in total. The molecular weight excluding hydrogens is 389 g/mol. The molecule has 0 spiro atoms. The van der Waals surface area contributed by atoms with Crippen molar-refractivity contribution in [1.29, 1.82) is 0 Å². The Morgan fingerprint density at radius 1 is 1.07 bits per heavy atom. The van der Waals surface area contributed by atoms with Gasteiger partial charge in [-0.2, -0.15) is 0 Å². The average Bonchev–Trinajstić information content (AvgIpc) is 2.77. The van der Waals surface area contributed by atoms with Crippen molar-refractivity contribution in [2.24, 2.45) is 0 Å². The summed E-state index contributed by atoms with van der Waals surface area (Å²) in [6, 6.07) is 10.5. The number of methoxy groups -OCH3 is 1. The number of nitrogens with one attached hydrogen (secondary N) is 1. The largest absolute Gasteiger partial charge is 0.493 e. The molecule has 1 N–H and O–H groups in total. The van der Waals surface area contributed by atoms with Gasteiger partial charge >= 0.3 is 0 Å². The molecule has 1 atom stereocenters. The Kier molecular flexibility index (Phi) is 9.05. The van der Waals surface area contributed by atoms with Gasteiger partial charge in [-0.25, -0.2) is 4.39 Å². The van der Waals surface area contributed by atoms with Crippen LogP contribution in [-0.4, -0.2) is 39.4 Å². The van der Waals surface area contributed by atoms with E-state index >= 15 is 0 Å². The first-order valence-corrected chi connectivity index (χ1v) is 9.04. The first-order chi connectivity index (χ1) is 14.6. The fourth-order valence-corrected chi connectivity index (χ4v) is 2.50. The van der Waals surface area contributed by atoms with Crippen LogP contribution in [0.2, 0.25) is 0 Å². The van der Waals surface area contributed by atoms with Crippen LogP contribution < -0.4 is 19.5 Å². The average molecular weight is 411 g/mol. The third-order valence-corrected chi connectivity index (χ3v) is 3.86. The first kappa shape index (κ1) is 22.6. The molecule has 1 unspecified atom stereocenters. The van der Waals surface area contributed by atoms with Crippen LogP contribution >= 0.6 is 0 Å². The molecule has 30 heavy (non-hydrogen) atoms. The maximum absolute atomic E-state index is 13.1. The normalized spacial score (nSPS) is 10.9.